The monoisotopic (exact) mass is 309 g/mol. The SMILES string of the molecule is BC(NC(=O)c1ncc(-c2cccc(C#N)c2)cc1O)C(=O)O. The van der Waals surface area contributed by atoms with Gasteiger partial charge in [0.15, 0.2) is 5.69 Å². The van der Waals surface area contributed by atoms with Gasteiger partial charge >= 0.3 is 5.97 Å². The van der Waals surface area contributed by atoms with Crippen LogP contribution in [0.4, 0.5) is 0 Å². The van der Waals surface area contributed by atoms with E-state index in [2.05, 4.69) is 10.3 Å². The molecule has 0 aliphatic carbocycles. The summed E-state index contributed by atoms with van der Waals surface area (Å²) in [6.45, 7) is 0. The van der Waals surface area contributed by atoms with Gasteiger partial charge in [-0.1, -0.05) is 12.1 Å². The molecule has 0 spiro atoms. The number of hydrogen-bond donors (Lipinski definition) is 3. The molecule has 1 aromatic heterocycles. The zero-order chi connectivity index (χ0) is 17.0. The Bertz CT molecular complexity index is 817. The molecule has 0 bridgehead atoms. The zero-order valence-electron chi connectivity index (χ0n) is 12.1. The largest absolute Gasteiger partial charge is 0.505 e. The predicted molar refractivity (Wildman–Crippen MR) is 83.5 cm³/mol. The average molecular weight is 309 g/mol. The molecule has 0 radical (unpaired) electrons. The fraction of sp³-hybridized carbons (Fsp3) is 0.0667. The molecule has 1 unspecified atom stereocenters. The van der Waals surface area contributed by atoms with E-state index in [1.165, 1.54) is 20.1 Å². The van der Waals surface area contributed by atoms with E-state index in [9.17, 15) is 14.7 Å². The van der Waals surface area contributed by atoms with Gasteiger partial charge in [0.25, 0.3) is 5.91 Å². The number of aromatic nitrogens is 1. The molecule has 0 saturated carbocycles. The minimum Gasteiger partial charge on any atom is -0.505 e. The Morgan fingerprint density at radius 2 is 2.04 bits per heavy atom. The first-order chi connectivity index (χ1) is 10.9. The van der Waals surface area contributed by atoms with E-state index in [0.29, 0.717) is 16.7 Å². The molecule has 0 aliphatic rings. The zero-order valence-corrected chi connectivity index (χ0v) is 12.1. The summed E-state index contributed by atoms with van der Waals surface area (Å²) in [5.74, 6) is -3.45. The molecule has 1 amide bonds. The molecule has 7 nitrogen and oxygen atoms in total. The van der Waals surface area contributed by atoms with Crippen molar-refractivity contribution >= 4 is 19.7 Å². The van der Waals surface area contributed by atoms with E-state index in [0.717, 1.165) is 0 Å². The third kappa shape index (κ3) is 3.65. The van der Waals surface area contributed by atoms with Crippen LogP contribution in [0.1, 0.15) is 16.1 Å². The second-order valence-electron chi connectivity index (χ2n) is 4.82. The summed E-state index contributed by atoms with van der Waals surface area (Å²) in [6, 6.07) is 10.1. The number of nitrogens with zero attached hydrogens (tertiary/aromatic N) is 2. The van der Waals surface area contributed by atoms with Crippen molar-refractivity contribution in [3.8, 4) is 22.9 Å². The summed E-state index contributed by atoms with van der Waals surface area (Å²) in [5, 5.41) is 29.8. The van der Waals surface area contributed by atoms with Gasteiger partial charge in [-0.15, -0.1) is 0 Å². The van der Waals surface area contributed by atoms with E-state index >= 15 is 0 Å². The van der Waals surface area contributed by atoms with Crippen LogP contribution in [0.15, 0.2) is 36.5 Å². The van der Waals surface area contributed by atoms with Crippen LogP contribution in [0, 0.1) is 11.3 Å². The first-order valence-electron chi connectivity index (χ1n) is 6.65. The third-order valence-electron chi connectivity index (χ3n) is 3.13. The van der Waals surface area contributed by atoms with Crippen molar-refractivity contribution in [1.29, 1.82) is 5.26 Å². The van der Waals surface area contributed by atoms with Crippen molar-refractivity contribution in [2.75, 3.05) is 0 Å². The molecular formula is C15H12BN3O4. The van der Waals surface area contributed by atoms with Crippen LogP contribution in [-0.2, 0) is 4.79 Å². The van der Waals surface area contributed by atoms with Gasteiger partial charge in [0.05, 0.1) is 17.6 Å². The number of aromatic hydroxyl groups is 1. The van der Waals surface area contributed by atoms with Gasteiger partial charge in [0.1, 0.15) is 13.6 Å². The van der Waals surface area contributed by atoms with Gasteiger partial charge in [0, 0.05) is 11.8 Å². The van der Waals surface area contributed by atoms with Crippen LogP contribution in [0.5, 0.6) is 5.75 Å². The first kappa shape index (κ1) is 16.0. The van der Waals surface area contributed by atoms with Gasteiger partial charge in [0.2, 0.25) is 0 Å². The van der Waals surface area contributed by atoms with Gasteiger partial charge in [-0.05, 0) is 23.8 Å². The van der Waals surface area contributed by atoms with Gasteiger partial charge in [-0.25, -0.2) is 4.98 Å². The van der Waals surface area contributed by atoms with Crippen LogP contribution >= 0.6 is 0 Å². The molecule has 2 rings (SSSR count). The number of amides is 1. The molecule has 8 heteroatoms. The highest BCUT2D eigenvalue weighted by Gasteiger charge is 2.19. The van der Waals surface area contributed by atoms with E-state index in [-0.39, 0.29) is 11.4 Å². The molecule has 114 valence electrons. The van der Waals surface area contributed by atoms with E-state index in [4.69, 9.17) is 10.4 Å². The maximum absolute atomic E-state index is 11.9. The lowest BCUT2D eigenvalue weighted by Gasteiger charge is -2.10. The number of hydrogen-bond acceptors (Lipinski definition) is 5. The summed E-state index contributed by atoms with van der Waals surface area (Å²) in [6.07, 6.45) is 1.37. The maximum Gasteiger partial charge on any atom is 0.317 e. The molecule has 2 aromatic rings. The molecular weight excluding hydrogens is 297 g/mol. The number of nitrogens with one attached hydrogen (secondary N) is 1. The van der Waals surface area contributed by atoms with Crippen molar-refractivity contribution in [3.05, 3.63) is 47.8 Å². The normalized spacial score (nSPS) is 11.3. The summed E-state index contributed by atoms with van der Waals surface area (Å²) in [4.78, 5) is 26.5. The Kier molecular flexibility index (Phi) is 4.62. The van der Waals surface area contributed by atoms with Crippen LogP contribution in [0.25, 0.3) is 11.1 Å². The fourth-order valence-corrected chi connectivity index (χ4v) is 1.88. The van der Waals surface area contributed by atoms with Crippen LogP contribution in [0.3, 0.4) is 0 Å². The second-order valence-corrected chi connectivity index (χ2v) is 4.82. The molecule has 3 N–H and O–H groups in total. The van der Waals surface area contributed by atoms with Crippen LogP contribution < -0.4 is 5.32 Å². The average Bonchev–Trinajstić information content (AvgIpc) is 2.54. The van der Waals surface area contributed by atoms with Crippen LogP contribution in [0.2, 0.25) is 0 Å². The highest BCUT2D eigenvalue weighted by Crippen LogP contribution is 2.25. The molecule has 0 aliphatic heterocycles. The lowest BCUT2D eigenvalue weighted by Crippen LogP contribution is -2.41. The van der Waals surface area contributed by atoms with E-state index in [1.807, 2.05) is 6.07 Å². The Hall–Kier alpha value is -3.34. The van der Waals surface area contributed by atoms with Crippen molar-refractivity contribution in [2.45, 2.75) is 5.94 Å². The van der Waals surface area contributed by atoms with Crippen molar-refractivity contribution in [2.24, 2.45) is 0 Å². The van der Waals surface area contributed by atoms with Crippen molar-refractivity contribution in [3.63, 3.8) is 0 Å². The number of pyridine rings is 1. The third-order valence-corrected chi connectivity index (χ3v) is 3.13. The lowest BCUT2D eigenvalue weighted by atomic mass is 9.96. The number of nitriles is 1. The molecule has 1 aromatic carbocycles. The standard InChI is InChI=1S/C15H12BN3O4/c16-13(15(22)23)19-14(21)12-11(20)5-10(7-18-12)9-3-1-2-8(4-9)6-17/h1-5,7,13,20H,16H2,(H,19,21)(H,22,23). The summed E-state index contributed by atoms with van der Waals surface area (Å²) >= 11 is 0. The minimum absolute atomic E-state index is 0.265. The number of carboxylic acids is 1. The number of carboxylic acid groups (broad SMARTS) is 1. The molecule has 1 atom stereocenters. The Labute approximate surface area is 132 Å². The summed E-state index contributed by atoms with van der Waals surface area (Å²) in [5.41, 5.74) is 1.39. The highest BCUT2D eigenvalue weighted by molar-refractivity contribution is 6.24. The number of aliphatic carboxylic acids is 1. The lowest BCUT2D eigenvalue weighted by molar-refractivity contribution is -0.137. The Balaban J connectivity index is 2.29. The Morgan fingerprint density at radius 1 is 1.30 bits per heavy atom. The minimum atomic E-state index is -1.19. The van der Waals surface area contributed by atoms with Crippen molar-refractivity contribution in [1.82, 2.24) is 10.3 Å². The molecule has 1 heterocycles. The summed E-state index contributed by atoms with van der Waals surface area (Å²) < 4.78 is 0. The van der Waals surface area contributed by atoms with Gasteiger partial charge in [-0.3, -0.25) is 9.59 Å². The highest BCUT2D eigenvalue weighted by atomic mass is 16.4. The number of rotatable bonds is 4. The van der Waals surface area contributed by atoms with Gasteiger partial charge in [-0.2, -0.15) is 5.26 Å². The number of carbonyl (C=O) groups excluding carboxylic acids is 1. The molecule has 23 heavy (non-hydrogen) atoms. The Morgan fingerprint density at radius 3 is 2.65 bits per heavy atom. The number of benzene rings is 1. The topological polar surface area (TPSA) is 123 Å². The van der Waals surface area contributed by atoms with Crippen LogP contribution in [-0.4, -0.2) is 40.9 Å². The van der Waals surface area contributed by atoms with Gasteiger partial charge < -0.3 is 15.5 Å². The predicted octanol–water partition coefficient (Wildman–Crippen LogP) is 0.0995. The smallest absolute Gasteiger partial charge is 0.317 e. The van der Waals surface area contributed by atoms with E-state index in [1.54, 1.807) is 24.3 Å². The molecule has 0 saturated heterocycles. The van der Waals surface area contributed by atoms with Crippen molar-refractivity contribution < 1.29 is 19.8 Å². The number of carbonyl (C=O) groups is 2. The van der Waals surface area contributed by atoms with E-state index < -0.39 is 17.8 Å². The quantitative estimate of drug-likeness (QED) is 0.688. The molecule has 0 fully saturated rings. The maximum atomic E-state index is 11.9. The summed E-state index contributed by atoms with van der Waals surface area (Å²) in [7, 11) is 1.30. The fourth-order valence-electron chi connectivity index (χ4n) is 1.88. The first-order valence-corrected chi connectivity index (χ1v) is 6.65. The second kappa shape index (κ2) is 6.62.